The van der Waals surface area contributed by atoms with E-state index in [4.69, 9.17) is 5.73 Å². The number of amides is 1. The van der Waals surface area contributed by atoms with Gasteiger partial charge in [-0.25, -0.2) is 0 Å². The molecule has 0 saturated heterocycles. The number of anilines is 2. The summed E-state index contributed by atoms with van der Waals surface area (Å²) < 4.78 is 0. The average Bonchev–Trinajstić information content (AvgIpc) is 2.29. The molecule has 0 saturated carbocycles. The topological polar surface area (TPSA) is 58.4 Å². The molecule has 0 aromatic heterocycles. The number of fused-ring (bicyclic) bond motifs is 1. The van der Waals surface area contributed by atoms with Gasteiger partial charge in [0.25, 0.3) is 0 Å². The van der Waals surface area contributed by atoms with Crippen LogP contribution >= 0.6 is 11.8 Å². The lowest BCUT2D eigenvalue weighted by Crippen LogP contribution is -2.28. The van der Waals surface area contributed by atoms with Crippen molar-refractivity contribution in [3.05, 3.63) is 18.2 Å². The van der Waals surface area contributed by atoms with E-state index in [-0.39, 0.29) is 11.2 Å². The second kappa shape index (κ2) is 4.35. The Hall–Kier alpha value is -1.20. The van der Waals surface area contributed by atoms with E-state index in [1.807, 2.05) is 37.1 Å². The van der Waals surface area contributed by atoms with Gasteiger partial charge in [0.1, 0.15) is 0 Å². The predicted octanol–water partition coefficient (Wildman–Crippen LogP) is 1.47. The molecule has 86 valence electrons. The molecule has 4 nitrogen and oxygen atoms in total. The summed E-state index contributed by atoms with van der Waals surface area (Å²) >= 11 is 1.59. The van der Waals surface area contributed by atoms with Gasteiger partial charge in [-0.05, 0) is 25.1 Å². The number of nitrogens with zero attached hydrogens (tertiary/aromatic N) is 1. The monoisotopic (exact) mass is 237 g/mol. The van der Waals surface area contributed by atoms with Crippen molar-refractivity contribution >= 4 is 29.0 Å². The van der Waals surface area contributed by atoms with E-state index in [2.05, 4.69) is 5.32 Å². The number of hydrogen-bond acceptors (Lipinski definition) is 4. The Bertz CT molecular complexity index is 422. The van der Waals surface area contributed by atoms with Crippen LogP contribution in [0.1, 0.15) is 6.92 Å². The zero-order chi connectivity index (χ0) is 11.7. The molecular weight excluding hydrogens is 222 g/mol. The lowest BCUT2D eigenvalue weighted by molar-refractivity contribution is -0.115. The van der Waals surface area contributed by atoms with Crippen LogP contribution in [0.2, 0.25) is 0 Å². The van der Waals surface area contributed by atoms with E-state index < -0.39 is 0 Å². The van der Waals surface area contributed by atoms with Crippen LogP contribution in [0.3, 0.4) is 0 Å². The molecule has 0 bridgehead atoms. The minimum atomic E-state index is -0.0226. The molecule has 3 N–H and O–H groups in total. The standard InChI is InChI=1S/C11H15N3OS/c1-7-11(15)13-9-5-8(14(2)6-12)3-4-10(9)16-7/h3-5,7H,6,12H2,1-2H3,(H,13,15). The summed E-state index contributed by atoms with van der Waals surface area (Å²) in [5, 5.41) is 2.88. The summed E-state index contributed by atoms with van der Waals surface area (Å²) in [6, 6.07) is 6.00. The zero-order valence-corrected chi connectivity index (χ0v) is 10.2. The van der Waals surface area contributed by atoms with Crippen molar-refractivity contribution in [2.45, 2.75) is 17.1 Å². The second-order valence-electron chi connectivity index (χ2n) is 3.81. The Kier molecular flexibility index (Phi) is 3.07. The smallest absolute Gasteiger partial charge is 0.237 e. The molecule has 1 amide bonds. The molecule has 1 aliphatic rings. The van der Waals surface area contributed by atoms with Crippen molar-refractivity contribution in [2.24, 2.45) is 5.73 Å². The van der Waals surface area contributed by atoms with E-state index in [1.54, 1.807) is 11.8 Å². The van der Waals surface area contributed by atoms with Gasteiger partial charge >= 0.3 is 0 Å². The normalized spacial score (nSPS) is 18.9. The molecule has 0 spiro atoms. The molecule has 1 unspecified atom stereocenters. The number of nitrogens with two attached hydrogens (primary N) is 1. The molecule has 0 fully saturated rings. The summed E-state index contributed by atoms with van der Waals surface area (Å²) in [7, 11) is 1.92. The highest BCUT2D eigenvalue weighted by Crippen LogP contribution is 2.37. The van der Waals surface area contributed by atoms with Gasteiger partial charge < -0.3 is 16.0 Å². The Balaban J connectivity index is 2.32. The largest absolute Gasteiger partial charge is 0.362 e. The molecule has 0 radical (unpaired) electrons. The summed E-state index contributed by atoms with van der Waals surface area (Å²) in [5.74, 6) is 0.0602. The van der Waals surface area contributed by atoms with Crippen LogP contribution in [0, 0.1) is 0 Å². The average molecular weight is 237 g/mol. The van der Waals surface area contributed by atoms with Crippen molar-refractivity contribution in [3.63, 3.8) is 0 Å². The van der Waals surface area contributed by atoms with E-state index in [1.165, 1.54) is 0 Å². The van der Waals surface area contributed by atoms with Crippen molar-refractivity contribution in [1.29, 1.82) is 0 Å². The fourth-order valence-corrected chi connectivity index (χ4v) is 2.47. The first-order valence-corrected chi connectivity index (χ1v) is 6.02. The number of benzene rings is 1. The first kappa shape index (κ1) is 11.3. The Labute approximate surface area is 99.2 Å². The fourth-order valence-electron chi connectivity index (χ4n) is 1.54. The highest BCUT2D eigenvalue weighted by atomic mass is 32.2. The van der Waals surface area contributed by atoms with E-state index >= 15 is 0 Å². The summed E-state index contributed by atoms with van der Waals surface area (Å²) in [4.78, 5) is 14.6. The Morgan fingerprint density at radius 1 is 1.56 bits per heavy atom. The molecule has 1 aliphatic heterocycles. The molecule has 5 heteroatoms. The molecule has 0 aliphatic carbocycles. The van der Waals surface area contributed by atoms with Crippen LogP contribution in [-0.2, 0) is 4.79 Å². The van der Waals surface area contributed by atoms with Crippen molar-refractivity contribution in [2.75, 3.05) is 23.9 Å². The maximum atomic E-state index is 11.5. The van der Waals surface area contributed by atoms with Gasteiger partial charge in [-0.3, -0.25) is 4.79 Å². The minimum Gasteiger partial charge on any atom is -0.362 e. The third-order valence-electron chi connectivity index (χ3n) is 2.61. The fraction of sp³-hybridized carbons (Fsp3) is 0.364. The van der Waals surface area contributed by atoms with Gasteiger partial charge in [-0.2, -0.15) is 0 Å². The van der Waals surface area contributed by atoms with E-state index in [0.29, 0.717) is 6.67 Å². The van der Waals surface area contributed by atoms with Gasteiger partial charge in [0, 0.05) is 17.6 Å². The van der Waals surface area contributed by atoms with Crippen molar-refractivity contribution in [1.82, 2.24) is 0 Å². The summed E-state index contributed by atoms with van der Waals surface area (Å²) in [6.07, 6.45) is 0. The van der Waals surface area contributed by atoms with Crippen LogP contribution in [0.25, 0.3) is 0 Å². The van der Waals surface area contributed by atoms with Gasteiger partial charge in [0.2, 0.25) is 5.91 Å². The number of carbonyl (C=O) groups excluding carboxylic acids is 1. The van der Waals surface area contributed by atoms with Crippen LogP contribution in [0.5, 0.6) is 0 Å². The van der Waals surface area contributed by atoms with Gasteiger partial charge in [0.15, 0.2) is 0 Å². The first-order valence-electron chi connectivity index (χ1n) is 5.14. The zero-order valence-electron chi connectivity index (χ0n) is 9.36. The number of carbonyl (C=O) groups is 1. The van der Waals surface area contributed by atoms with E-state index in [9.17, 15) is 4.79 Å². The molecular formula is C11H15N3OS. The second-order valence-corrected chi connectivity index (χ2v) is 5.19. The lowest BCUT2D eigenvalue weighted by atomic mass is 10.2. The molecule has 1 aromatic carbocycles. The number of rotatable bonds is 2. The van der Waals surface area contributed by atoms with Crippen LogP contribution < -0.4 is 16.0 Å². The maximum absolute atomic E-state index is 11.5. The molecule has 1 heterocycles. The Morgan fingerprint density at radius 3 is 3.00 bits per heavy atom. The third-order valence-corrected chi connectivity index (χ3v) is 3.79. The van der Waals surface area contributed by atoms with Gasteiger partial charge in [-0.15, -0.1) is 11.8 Å². The van der Waals surface area contributed by atoms with Crippen molar-refractivity contribution < 1.29 is 4.79 Å². The number of nitrogens with one attached hydrogen (secondary N) is 1. The van der Waals surface area contributed by atoms with E-state index in [0.717, 1.165) is 16.3 Å². The quantitative estimate of drug-likeness (QED) is 0.765. The lowest BCUT2D eigenvalue weighted by Gasteiger charge is -2.24. The number of thioether (sulfide) groups is 1. The Morgan fingerprint density at radius 2 is 2.31 bits per heavy atom. The van der Waals surface area contributed by atoms with Crippen molar-refractivity contribution in [3.8, 4) is 0 Å². The van der Waals surface area contributed by atoms with Gasteiger partial charge in [-0.1, -0.05) is 0 Å². The summed E-state index contributed by atoms with van der Waals surface area (Å²) in [5.41, 5.74) is 7.45. The maximum Gasteiger partial charge on any atom is 0.237 e. The molecule has 16 heavy (non-hydrogen) atoms. The summed E-state index contributed by atoms with van der Waals surface area (Å²) in [6.45, 7) is 2.36. The predicted molar refractivity (Wildman–Crippen MR) is 67.8 cm³/mol. The molecule has 1 atom stereocenters. The first-order chi connectivity index (χ1) is 7.61. The third kappa shape index (κ3) is 2.01. The van der Waals surface area contributed by atoms with Crippen LogP contribution in [-0.4, -0.2) is 24.9 Å². The minimum absolute atomic E-state index is 0.0226. The van der Waals surface area contributed by atoms with Crippen LogP contribution in [0.4, 0.5) is 11.4 Å². The molecule has 2 rings (SSSR count). The number of hydrogen-bond donors (Lipinski definition) is 2. The highest BCUT2D eigenvalue weighted by Gasteiger charge is 2.23. The van der Waals surface area contributed by atoms with Gasteiger partial charge in [0.05, 0.1) is 17.6 Å². The van der Waals surface area contributed by atoms with Crippen LogP contribution in [0.15, 0.2) is 23.1 Å². The molecule has 1 aromatic rings. The SMILES string of the molecule is CC1Sc2ccc(N(C)CN)cc2NC1=O. The highest BCUT2D eigenvalue weighted by molar-refractivity contribution is 8.00.